The molecular weight excluding hydrogens is 314 g/mol. The zero-order chi connectivity index (χ0) is 14.0. The zero-order valence-electron chi connectivity index (χ0n) is 9.54. The van der Waals surface area contributed by atoms with E-state index in [2.05, 4.69) is 15.9 Å². The molecule has 0 spiro atoms. The van der Waals surface area contributed by atoms with Gasteiger partial charge in [0.2, 0.25) is 0 Å². The number of hydrogen-bond donors (Lipinski definition) is 1. The Labute approximate surface area is 116 Å². The number of non-ortho nitro benzene ring substituents is 1. The van der Waals surface area contributed by atoms with Gasteiger partial charge in [-0.2, -0.15) is 0 Å². The van der Waals surface area contributed by atoms with E-state index in [4.69, 9.17) is 5.11 Å². The maximum absolute atomic E-state index is 11.0. The molecule has 0 bridgehead atoms. The predicted molar refractivity (Wildman–Crippen MR) is 73.2 cm³/mol. The number of carboxylic acid groups (broad SMARTS) is 1. The number of nitro benzene ring substituents is 1. The van der Waals surface area contributed by atoms with E-state index < -0.39 is 10.9 Å². The van der Waals surface area contributed by atoms with Crippen LogP contribution in [0.3, 0.4) is 0 Å². The largest absolute Gasteiger partial charge is 0.478 e. The van der Waals surface area contributed by atoms with Gasteiger partial charge in [0.15, 0.2) is 0 Å². The summed E-state index contributed by atoms with van der Waals surface area (Å²) < 4.78 is 0.467. The van der Waals surface area contributed by atoms with Crippen molar-refractivity contribution in [1.82, 2.24) is 0 Å². The van der Waals surface area contributed by atoms with Crippen molar-refractivity contribution < 1.29 is 14.8 Å². The van der Waals surface area contributed by atoms with E-state index in [9.17, 15) is 14.9 Å². The van der Waals surface area contributed by atoms with E-state index >= 15 is 0 Å². The van der Waals surface area contributed by atoms with E-state index in [1.807, 2.05) is 0 Å². The summed E-state index contributed by atoms with van der Waals surface area (Å²) >= 11 is 3.15. The second-order valence-corrected chi connectivity index (χ2v) is 4.66. The Morgan fingerprint density at radius 1 is 1.16 bits per heavy atom. The lowest BCUT2D eigenvalue weighted by Crippen LogP contribution is -1.98. The summed E-state index contributed by atoms with van der Waals surface area (Å²) in [5.74, 6) is -1.06. The van der Waals surface area contributed by atoms with Gasteiger partial charge in [0.1, 0.15) is 0 Å². The first-order valence-electron chi connectivity index (χ1n) is 5.26. The second kappa shape index (κ2) is 5.19. The molecular formula is C13H8BrNO4. The summed E-state index contributed by atoms with van der Waals surface area (Å²) in [7, 11) is 0. The van der Waals surface area contributed by atoms with Crippen LogP contribution in [-0.2, 0) is 0 Å². The van der Waals surface area contributed by atoms with Crippen LogP contribution in [0, 0.1) is 10.1 Å². The van der Waals surface area contributed by atoms with Gasteiger partial charge in [-0.1, -0.05) is 18.2 Å². The van der Waals surface area contributed by atoms with E-state index in [0.717, 1.165) is 0 Å². The van der Waals surface area contributed by atoms with Crippen molar-refractivity contribution in [3.63, 3.8) is 0 Å². The normalized spacial score (nSPS) is 10.2. The van der Waals surface area contributed by atoms with Gasteiger partial charge in [0.25, 0.3) is 5.69 Å². The third kappa shape index (κ3) is 2.79. The second-order valence-electron chi connectivity index (χ2n) is 3.81. The highest BCUT2D eigenvalue weighted by Crippen LogP contribution is 2.27. The molecule has 0 fully saturated rings. The zero-order valence-corrected chi connectivity index (χ0v) is 11.1. The topological polar surface area (TPSA) is 80.4 Å². The Kier molecular flexibility index (Phi) is 3.62. The lowest BCUT2D eigenvalue weighted by atomic mass is 10.0. The van der Waals surface area contributed by atoms with Crippen LogP contribution in [0.25, 0.3) is 11.1 Å². The van der Waals surface area contributed by atoms with Gasteiger partial charge in [-0.05, 0) is 39.2 Å². The van der Waals surface area contributed by atoms with Crippen molar-refractivity contribution >= 4 is 27.6 Å². The van der Waals surface area contributed by atoms with Crippen LogP contribution in [0.15, 0.2) is 46.9 Å². The average molecular weight is 322 g/mol. The Bertz CT molecular complexity index is 669. The number of carboxylic acids is 1. The van der Waals surface area contributed by atoms with Crippen LogP contribution >= 0.6 is 15.9 Å². The van der Waals surface area contributed by atoms with Gasteiger partial charge in [0.05, 0.1) is 10.5 Å². The molecule has 0 heterocycles. The molecule has 2 aromatic rings. The minimum atomic E-state index is -1.06. The first kappa shape index (κ1) is 13.2. The molecule has 5 nitrogen and oxygen atoms in total. The quantitative estimate of drug-likeness (QED) is 0.690. The number of rotatable bonds is 3. The first-order valence-corrected chi connectivity index (χ1v) is 6.06. The highest BCUT2D eigenvalue weighted by atomic mass is 79.9. The molecule has 0 unspecified atom stereocenters. The molecule has 0 saturated heterocycles. The smallest absolute Gasteiger partial charge is 0.336 e. The fraction of sp³-hybridized carbons (Fsp3) is 0. The van der Waals surface area contributed by atoms with Gasteiger partial charge in [-0.25, -0.2) is 4.79 Å². The minimum absolute atomic E-state index is 0.0303. The summed E-state index contributed by atoms with van der Waals surface area (Å²) in [6.07, 6.45) is 0. The van der Waals surface area contributed by atoms with Crippen LogP contribution < -0.4 is 0 Å². The lowest BCUT2D eigenvalue weighted by molar-refractivity contribution is -0.384. The van der Waals surface area contributed by atoms with Crippen molar-refractivity contribution in [3.8, 4) is 11.1 Å². The number of halogens is 1. The van der Waals surface area contributed by atoms with Crippen LogP contribution in [0.1, 0.15) is 10.4 Å². The molecule has 0 amide bonds. The summed E-state index contributed by atoms with van der Waals surface area (Å²) in [6.45, 7) is 0. The van der Waals surface area contributed by atoms with Gasteiger partial charge >= 0.3 is 5.97 Å². The Hall–Kier alpha value is -2.21. The van der Waals surface area contributed by atoms with Crippen molar-refractivity contribution in [3.05, 3.63) is 62.6 Å². The molecule has 0 atom stereocenters. The third-order valence-corrected chi connectivity index (χ3v) is 3.28. The Morgan fingerprint density at radius 2 is 1.84 bits per heavy atom. The van der Waals surface area contributed by atoms with Crippen LogP contribution in [0.2, 0.25) is 0 Å². The van der Waals surface area contributed by atoms with Crippen LogP contribution in [0.5, 0.6) is 0 Å². The van der Waals surface area contributed by atoms with Crippen LogP contribution in [0.4, 0.5) is 5.69 Å². The maximum atomic E-state index is 11.0. The van der Waals surface area contributed by atoms with Gasteiger partial charge in [-0.3, -0.25) is 10.1 Å². The molecule has 19 heavy (non-hydrogen) atoms. The average Bonchev–Trinajstić information content (AvgIpc) is 2.39. The van der Waals surface area contributed by atoms with Crippen molar-refractivity contribution in [2.45, 2.75) is 0 Å². The highest BCUT2D eigenvalue weighted by Gasteiger charge is 2.12. The maximum Gasteiger partial charge on any atom is 0.336 e. The van der Waals surface area contributed by atoms with Crippen molar-refractivity contribution in [1.29, 1.82) is 0 Å². The Morgan fingerprint density at radius 3 is 2.47 bits per heavy atom. The fourth-order valence-corrected chi connectivity index (χ4v) is 2.08. The molecule has 96 valence electrons. The monoisotopic (exact) mass is 321 g/mol. The summed E-state index contributed by atoms with van der Waals surface area (Å²) in [5, 5.41) is 19.8. The van der Waals surface area contributed by atoms with Gasteiger partial charge < -0.3 is 5.11 Å². The van der Waals surface area contributed by atoms with Crippen molar-refractivity contribution in [2.75, 3.05) is 0 Å². The number of hydrogen-bond acceptors (Lipinski definition) is 3. The fourth-order valence-electron chi connectivity index (χ4n) is 1.67. The molecule has 2 aromatic carbocycles. The van der Waals surface area contributed by atoms with E-state index in [1.54, 1.807) is 24.3 Å². The molecule has 0 aromatic heterocycles. The minimum Gasteiger partial charge on any atom is -0.478 e. The van der Waals surface area contributed by atoms with Crippen LogP contribution in [-0.4, -0.2) is 16.0 Å². The van der Waals surface area contributed by atoms with Gasteiger partial charge in [0, 0.05) is 16.6 Å². The molecule has 6 heteroatoms. The van der Waals surface area contributed by atoms with Crippen molar-refractivity contribution in [2.24, 2.45) is 0 Å². The standard InChI is InChI=1S/C13H8BrNO4/c14-12-5-4-9(7-11(12)13(16)17)8-2-1-3-10(6-8)15(18)19/h1-7H,(H,16,17). The Balaban J connectivity index is 2.53. The lowest BCUT2D eigenvalue weighted by Gasteiger charge is -2.05. The summed E-state index contributed by atoms with van der Waals surface area (Å²) in [5.41, 5.74) is 1.30. The summed E-state index contributed by atoms with van der Waals surface area (Å²) in [4.78, 5) is 21.3. The van der Waals surface area contributed by atoms with Gasteiger partial charge in [-0.15, -0.1) is 0 Å². The SMILES string of the molecule is O=C(O)c1cc(-c2cccc([N+](=O)[O-])c2)ccc1Br. The molecule has 0 aliphatic carbocycles. The molecule has 0 radical (unpaired) electrons. The first-order chi connectivity index (χ1) is 8.99. The van der Waals surface area contributed by atoms with E-state index in [1.165, 1.54) is 18.2 Å². The predicted octanol–water partition coefficient (Wildman–Crippen LogP) is 3.72. The number of nitrogens with zero attached hydrogens (tertiary/aromatic N) is 1. The van der Waals surface area contributed by atoms with E-state index in [-0.39, 0.29) is 11.3 Å². The summed E-state index contributed by atoms with van der Waals surface area (Å²) in [6, 6.07) is 10.9. The molecule has 2 rings (SSSR count). The number of carbonyl (C=O) groups is 1. The number of benzene rings is 2. The molecule has 0 aliphatic heterocycles. The molecule has 0 aliphatic rings. The molecule has 0 saturated carbocycles. The number of aromatic carboxylic acids is 1. The van der Waals surface area contributed by atoms with E-state index in [0.29, 0.717) is 15.6 Å². The molecule has 1 N–H and O–H groups in total. The third-order valence-electron chi connectivity index (χ3n) is 2.59. The highest BCUT2D eigenvalue weighted by molar-refractivity contribution is 9.10. The number of nitro groups is 1.